The molecule has 140 valence electrons. The number of aromatic nitrogens is 1. The Labute approximate surface area is 179 Å². The standard InChI is InChI=1S/C22H16Br2N2O2/c1-12-7-13(2)21-19(8-12)26-22(28-21)14-3-5-17(6-4-14)25-11-15-9-16(23)10-18(24)20(15)27/h3-11,27H,1-2H3. The Morgan fingerprint density at radius 2 is 1.79 bits per heavy atom. The van der Waals surface area contributed by atoms with E-state index in [1.807, 2.05) is 37.3 Å². The molecule has 0 amide bonds. The van der Waals surface area contributed by atoms with E-state index in [0.717, 1.165) is 38.0 Å². The van der Waals surface area contributed by atoms with Crippen molar-refractivity contribution in [1.29, 1.82) is 0 Å². The Morgan fingerprint density at radius 3 is 2.54 bits per heavy atom. The molecule has 0 bridgehead atoms. The minimum Gasteiger partial charge on any atom is -0.506 e. The van der Waals surface area contributed by atoms with Crippen LogP contribution in [0, 0.1) is 13.8 Å². The molecule has 0 unspecified atom stereocenters. The molecule has 3 aromatic carbocycles. The lowest BCUT2D eigenvalue weighted by Gasteiger charge is -2.03. The molecule has 0 saturated carbocycles. The van der Waals surface area contributed by atoms with Crippen molar-refractivity contribution in [2.24, 2.45) is 4.99 Å². The molecule has 4 nitrogen and oxygen atoms in total. The van der Waals surface area contributed by atoms with Gasteiger partial charge in [-0.2, -0.15) is 0 Å². The molecule has 1 aromatic heterocycles. The lowest BCUT2D eigenvalue weighted by atomic mass is 10.1. The molecule has 0 aliphatic heterocycles. The van der Waals surface area contributed by atoms with E-state index in [-0.39, 0.29) is 5.75 Å². The van der Waals surface area contributed by atoms with Crippen LogP contribution < -0.4 is 0 Å². The summed E-state index contributed by atoms with van der Waals surface area (Å²) in [6.07, 6.45) is 1.63. The predicted octanol–water partition coefficient (Wildman–Crippen LogP) is 7.09. The summed E-state index contributed by atoms with van der Waals surface area (Å²) in [6, 6.07) is 15.3. The maximum Gasteiger partial charge on any atom is 0.227 e. The van der Waals surface area contributed by atoms with Crippen LogP contribution in [-0.2, 0) is 0 Å². The number of hydrogen-bond donors (Lipinski definition) is 1. The number of hydrogen-bond acceptors (Lipinski definition) is 4. The number of oxazole rings is 1. The van der Waals surface area contributed by atoms with Crippen molar-refractivity contribution in [3.63, 3.8) is 0 Å². The van der Waals surface area contributed by atoms with E-state index < -0.39 is 0 Å². The van der Waals surface area contributed by atoms with Crippen molar-refractivity contribution >= 4 is 54.9 Å². The first kappa shape index (κ1) is 18.9. The third-order valence-electron chi connectivity index (χ3n) is 4.34. The highest BCUT2D eigenvalue weighted by molar-refractivity contribution is 9.11. The third-order valence-corrected chi connectivity index (χ3v) is 5.41. The van der Waals surface area contributed by atoms with Gasteiger partial charge in [0.15, 0.2) is 5.58 Å². The van der Waals surface area contributed by atoms with E-state index >= 15 is 0 Å². The number of aryl methyl sites for hydroxylation is 2. The number of rotatable bonds is 3. The van der Waals surface area contributed by atoms with E-state index in [1.54, 1.807) is 18.3 Å². The van der Waals surface area contributed by atoms with Crippen LogP contribution in [0.15, 0.2) is 66.9 Å². The van der Waals surface area contributed by atoms with Crippen molar-refractivity contribution in [3.8, 4) is 17.2 Å². The quantitative estimate of drug-likeness (QED) is 0.306. The summed E-state index contributed by atoms with van der Waals surface area (Å²) in [6.45, 7) is 4.08. The fraction of sp³-hybridized carbons (Fsp3) is 0.0909. The van der Waals surface area contributed by atoms with Gasteiger partial charge in [0.1, 0.15) is 11.3 Å². The van der Waals surface area contributed by atoms with E-state index in [1.165, 1.54) is 0 Å². The summed E-state index contributed by atoms with van der Waals surface area (Å²) in [5.41, 5.74) is 6.20. The topological polar surface area (TPSA) is 58.6 Å². The Morgan fingerprint density at radius 1 is 1.04 bits per heavy atom. The van der Waals surface area contributed by atoms with Gasteiger partial charge in [-0.3, -0.25) is 4.99 Å². The van der Waals surface area contributed by atoms with Crippen LogP contribution in [0.3, 0.4) is 0 Å². The van der Waals surface area contributed by atoms with Crippen molar-refractivity contribution < 1.29 is 9.52 Å². The second kappa shape index (κ2) is 7.53. The summed E-state index contributed by atoms with van der Waals surface area (Å²) in [7, 11) is 0. The van der Waals surface area contributed by atoms with Gasteiger partial charge >= 0.3 is 0 Å². The number of phenols is 1. The molecule has 0 aliphatic carbocycles. The first-order chi connectivity index (χ1) is 13.4. The van der Waals surface area contributed by atoms with Crippen LogP contribution in [-0.4, -0.2) is 16.3 Å². The number of nitrogens with zero attached hydrogens (tertiary/aromatic N) is 2. The lowest BCUT2D eigenvalue weighted by Crippen LogP contribution is -1.84. The van der Waals surface area contributed by atoms with Gasteiger partial charge < -0.3 is 9.52 Å². The lowest BCUT2D eigenvalue weighted by molar-refractivity contribution is 0.471. The Balaban J connectivity index is 1.62. The molecule has 0 fully saturated rings. The Kier molecular flexibility index (Phi) is 5.08. The number of fused-ring (bicyclic) bond motifs is 1. The summed E-state index contributed by atoms with van der Waals surface area (Å²) in [5, 5.41) is 10.1. The highest BCUT2D eigenvalue weighted by atomic mass is 79.9. The number of aliphatic imine (C=N–C) groups is 1. The summed E-state index contributed by atoms with van der Waals surface area (Å²) in [5.74, 6) is 0.744. The molecule has 0 aliphatic rings. The van der Waals surface area contributed by atoms with Gasteiger partial charge in [0, 0.05) is 21.8 Å². The molecule has 6 heteroatoms. The largest absolute Gasteiger partial charge is 0.506 e. The molecule has 4 rings (SSSR count). The molecule has 28 heavy (non-hydrogen) atoms. The van der Waals surface area contributed by atoms with E-state index in [0.29, 0.717) is 15.9 Å². The highest BCUT2D eigenvalue weighted by Gasteiger charge is 2.11. The van der Waals surface area contributed by atoms with Gasteiger partial charge in [0.05, 0.1) is 10.2 Å². The monoisotopic (exact) mass is 498 g/mol. The highest BCUT2D eigenvalue weighted by Crippen LogP contribution is 2.32. The Hall–Kier alpha value is -2.44. The average molecular weight is 500 g/mol. The molecule has 0 atom stereocenters. The molecule has 4 aromatic rings. The average Bonchev–Trinajstić information content (AvgIpc) is 3.08. The van der Waals surface area contributed by atoms with Crippen LogP contribution in [0.1, 0.15) is 16.7 Å². The van der Waals surface area contributed by atoms with Crippen molar-refractivity contribution in [1.82, 2.24) is 4.98 Å². The van der Waals surface area contributed by atoms with Crippen molar-refractivity contribution in [3.05, 3.63) is 74.2 Å². The molecular weight excluding hydrogens is 484 g/mol. The summed E-state index contributed by atoms with van der Waals surface area (Å²) < 4.78 is 7.43. The smallest absolute Gasteiger partial charge is 0.227 e. The van der Waals surface area contributed by atoms with Gasteiger partial charge in [-0.05, 0) is 83.4 Å². The zero-order valence-electron chi connectivity index (χ0n) is 15.2. The molecular formula is C22H16Br2N2O2. The van der Waals surface area contributed by atoms with Gasteiger partial charge in [-0.1, -0.05) is 22.0 Å². The maximum absolute atomic E-state index is 10.1. The number of aromatic hydroxyl groups is 1. The summed E-state index contributed by atoms with van der Waals surface area (Å²) >= 11 is 6.74. The SMILES string of the molecule is Cc1cc(C)c2oc(-c3ccc(N=Cc4cc(Br)cc(Br)c4O)cc3)nc2c1. The van der Waals surface area contributed by atoms with Crippen molar-refractivity contribution in [2.75, 3.05) is 0 Å². The minimum absolute atomic E-state index is 0.153. The number of benzene rings is 3. The minimum atomic E-state index is 0.153. The third kappa shape index (κ3) is 3.75. The molecule has 0 spiro atoms. The van der Waals surface area contributed by atoms with Crippen LogP contribution in [0.4, 0.5) is 5.69 Å². The fourth-order valence-electron chi connectivity index (χ4n) is 3.02. The molecule has 1 N–H and O–H groups in total. The van der Waals surface area contributed by atoms with Gasteiger partial charge in [-0.15, -0.1) is 0 Å². The molecule has 1 heterocycles. The molecule has 0 saturated heterocycles. The van der Waals surface area contributed by atoms with Crippen LogP contribution in [0.25, 0.3) is 22.6 Å². The van der Waals surface area contributed by atoms with Crippen LogP contribution in [0.2, 0.25) is 0 Å². The van der Waals surface area contributed by atoms with E-state index in [4.69, 9.17) is 4.42 Å². The number of halogens is 2. The number of phenolic OH excluding ortho intramolecular Hbond substituents is 1. The molecule has 0 radical (unpaired) electrons. The second-order valence-corrected chi connectivity index (χ2v) is 8.35. The van der Waals surface area contributed by atoms with E-state index in [2.05, 4.69) is 54.8 Å². The first-order valence-electron chi connectivity index (χ1n) is 8.61. The normalized spacial score (nSPS) is 11.6. The maximum atomic E-state index is 10.1. The first-order valence-corrected chi connectivity index (χ1v) is 10.2. The van der Waals surface area contributed by atoms with Gasteiger partial charge in [-0.25, -0.2) is 4.98 Å². The van der Waals surface area contributed by atoms with E-state index in [9.17, 15) is 5.11 Å². The second-order valence-electron chi connectivity index (χ2n) is 6.58. The Bertz CT molecular complexity index is 1210. The zero-order chi connectivity index (χ0) is 19.8. The summed E-state index contributed by atoms with van der Waals surface area (Å²) in [4.78, 5) is 9.06. The fourth-order valence-corrected chi connectivity index (χ4v) is 4.28. The zero-order valence-corrected chi connectivity index (χ0v) is 18.4. The van der Waals surface area contributed by atoms with Crippen LogP contribution >= 0.6 is 31.9 Å². The predicted molar refractivity (Wildman–Crippen MR) is 120 cm³/mol. The van der Waals surface area contributed by atoms with Crippen molar-refractivity contribution in [2.45, 2.75) is 13.8 Å². The van der Waals surface area contributed by atoms with Crippen LogP contribution in [0.5, 0.6) is 5.75 Å². The van der Waals surface area contributed by atoms with Gasteiger partial charge in [0.2, 0.25) is 5.89 Å². The van der Waals surface area contributed by atoms with Gasteiger partial charge in [0.25, 0.3) is 0 Å².